The molecule has 0 aliphatic heterocycles. The van der Waals surface area contributed by atoms with Gasteiger partial charge >= 0.3 is 53.6 Å². The van der Waals surface area contributed by atoms with Gasteiger partial charge in [0.05, 0.1) is 6.10 Å². The Morgan fingerprint density at radius 2 is 1.03 bits per heavy atom. The largest absolute Gasteiger partial charge is 0.460 e. The number of aliphatic hydroxyl groups excluding tert-OH is 1. The highest BCUT2D eigenvalue weighted by molar-refractivity contribution is 5.81. The smallest absolute Gasteiger partial charge is 0.460 e. The van der Waals surface area contributed by atoms with Crippen LogP contribution >= 0.6 is 0 Å². The summed E-state index contributed by atoms with van der Waals surface area (Å²) in [4.78, 5) is 10.7. The summed E-state index contributed by atoms with van der Waals surface area (Å²) >= 11 is 0. The van der Waals surface area contributed by atoms with Gasteiger partial charge < -0.3 is 9.84 Å². The van der Waals surface area contributed by atoms with Gasteiger partial charge in [-0.1, -0.05) is 6.58 Å². The van der Waals surface area contributed by atoms with Gasteiger partial charge in [0.15, 0.2) is 0 Å². The highest BCUT2D eigenvalue weighted by Gasteiger charge is 2.95. The zero-order valence-corrected chi connectivity index (χ0v) is 16.2. The van der Waals surface area contributed by atoms with Crippen molar-refractivity contribution in [2.45, 2.75) is 66.6 Å². The number of esters is 1. The summed E-state index contributed by atoms with van der Waals surface area (Å²) in [6, 6.07) is 0. The maximum absolute atomic E-state index is 13.6. The van der Waals surface area contributed by atoms with E-state index in [-0.39, 0.29) is 0 Å². The number of hydrogen-bond donors (Lipinski definition) is 1. The Hall–Kier alpha value is -2.02. The van der Waals surface area contributed by atoms with Crippen LogP contribution in [0, 0.1) is 0 Å². The normalized spacial score (nSPS) is 16.2. The first-order valence-electron chi connectivity index (χ1n) is 8.28. The molecule has 0 aromatic rings. The van der Waals surface area contributed by atoms with Crippen molar-refractivity contribution in [3.63, 3.8) is 0 Å². The van der Waals surface area contributed by atoms with E-state index >= 15 is 0 Å². The molecule has 0 fully saturated rings. The molecule has 1 atom stereocenters. The Morgan fingerprint density at radius 3 is 1.37 bits per heavy atom. The van der Waals surface area contributed by atoms with Crippen LogP contribution in [0.3, 0.4) is 0 Å². The fourth-order valence-electron chi connectivity index (χ4n) is 2.02. The Morgan fingerprint density at radius 1 is 0.686 bits per heavy atom. The van der Waals surface area contributed by atoms with E-state index in [0.717, 1.165) is 0 Å². The average Bonchev–Trinajstić information content (AvgIpc) is 2.68. The number of carbonyl (C=O) groups excluding carboxylic acids is 1. The van der Waals surface area contributed by atoms with Gasteiger partial charge in [0, 0.05) is 12.5 Å². The van der Waals surface area contributed by atoms with Crippen molar-refractivity contribution in [2.24, 2.45) is 0 Å². The minimum atomic E-state index is -8.69. The van der Waals surface area contributed by atoms with Crippen molar-refractivity contribution in [2.75, 3.05) is 6.61 Å². The second-order valence-electron chi connectivity index (χ2n) is 6.68. The second kappa shape index (κ2) is 9.45. The van der Waals surface area contributed by atoms with Crippen LogP contribution in [0.25, 0.3) is 0 Å². The molecular weight excluding hydrogens is 551 g/mol. The highest BCUT2D eigenvalue weighted by atomic mass is 19.4. The van der Waals surface area contributed by atoms with E-state index in [2.05, 4.69) is 11.3 Å². The third kappa shape index (κ3) is 5.25. The van der Waals surface area contributed by atoms with Crippen molar-refractivity contribution >= 4 is 5.97 Å². The molecule has 0 heterocycles. The third-order valence-corrected chi connectivity index (χ3v) is 4.16. The number of rotatable bonds is 12. The Kier molecular flexibility index (Phi) is 8.91. The summed E-state index contributed by atoms with van der Waals surface area (Å²) in [5.41, 5.74) is 0. The summed E-state index contributed by atoms with van der Waals surface area (Å²) in [7, 11) is 0. The van der Waals surface area contributed by atoms with Gasteiger partial charge in [0.25, 0.3) is 0 Å². The molecule has 0 aromatic carbocycles. The van der Waals surface area contributed by atoms with Crippen LogP contribution in [0.4, 0.5) is 74.6 Å². The number of ether oxygens (including phenoxy) is 1. The van der Waals surface area contributed by atoms with Crippen LogP contribution in [0.1, 0.15) is 12.8 Å². The van der Waals surface area contributed by atoms with Gasteiger partial charge in [0.1, 0.15) is 6.61 Å². The van der Waals surface area contributed by atoms with Crippen LogP contribution < -0.4 is 0 Å². The maximum atomic E-state index is 13.6. The van der Waals surface area contributed by atoms with E-state index < -0.39 is 79.2 Å². The number of halogens is 17. The van der Waals surface area contributed by atoms with Gasteiger partial charge in [-0.25, -0.2) is 4.79 Å². The van der Waals surface area contributed by atoms with E-state index in [9.17, 15) is 79.4 Å². The first-order valence-corrected chi connectivity index (χ1v) is 8.28. The van der Waals surface area contributed by atoms with E-state index in [0.29, 0.717) is 6.08 Å². The predicted molar refractivity (Wildman–Crippen MR) is 77.1 cm³/mol. The molecule has 1 N–H and O–H groups in total. The zero-order chi connectivity index (χ0) is 28.7. The van der Waals surface area contributed by atoms with Crippen molar-refractivity contribution in [3.8, 4) is 0 Å². The molecule has 0 bridgehead atoms. The number of alkyl halides is 17. The van der Waals surface area contributed by atoms with Gasteiger partial charge in [-0.15, -0.1) is 0 Å². The average molecular weight is 562 g/mol. The molecule has 0 spiro atoms. The molecule has 0 radical (unpaired) electrons. The summed E-state index contributed by atoms with van der Waals surface area (Å²) < 4.78 is 226. The van der Waals surface area contributed by atoms with E-state index in [1.165, 1.54) is 0 Å². The molecule has 0 aliphatic rings. The van der Waals surface area contributed by atoms with Crippen LogP contribution in [0.5, 0.6) is 0 Å². The molecule has 35 heavy (non-hydrogen) atoms. The lowest BCUT2D eigenvalue weighted by Crippen LogP contribution is -2.74. The maximum Gasteiger partial charge on any atom is 0.460 e. The Labute approximate surface area is 182 Å². The minimum absolute atomic E-state index is 0.427. The molecule has 0 amide bonds. The lowest BCUT2D eigenvalue weighted by atomic mass is 9.87. The minimum Gasteiger partial charge on any atom is -0.460 e. The van der Waals surface area contributed by atoms with Crippen LogP contribution in [-0.2, 0) is 9.53 Å². The second-order valence-corrected chi connectivity index (χ2v) is 6.68. The lowest BCUT2D eigenvalue weighted by Gasteiger charge is -2.42. The quantitative estimate of drug-likeness (QED) is 0.184. The summed E-state index contributed by atoms with van der Waals surface area (Å²) in [5, 5.41) is 9.15. The van der Waals surface area contributed by atoms with Crippen molar-refractivity contribution in [1.29, 1.82) is 0 Å². The molecule has 3 nitrogen and oxygen atoms in total. The summed E-state index contributed by atoms with van der Waals surface area (Å²) in [6.07, 6.45) is -14.4. The van der Waals surface area contributed by atoms with Crippen molar-refractivity contribution < 1.29 is 89.3 Å². The molecule has 0 saturated heterocycles. The van der Waals surface area contributed by atoms with E-state index in [1.54, 1.807) is 0 Å². The molecule has 208 valence electrons. The molecule has 0 rings (SSSR count). The summed E-state index contributed by atoms with van der Waals surface area (Å²) in [5.74, 6) is -58.3. The van der Waals surface area contributed by atoms with Crippen molar-refractivity contribution in [1.82, 2.24) is 0 Å². The van der Waals surface area contributed by atoms with Crippen LogP contribution in [0.15, 0.2) is 12.7 Å². The zero-order valence-electron chi connectivity index (χ0n) is 16.2. The fraction of sp³-hybridized carbons (Fsp3) is 0.800. The third-order valence-electron chi connectivity index (χ3n) is 4.16. The standard InChI is InChI=1S/C15H11F17O3/c1-2-7(34)35-5-6(33)3-4-8(16,17)9(18,19)10(20,21)11(22,23)12(24,25)13(26,27)14(28,29)15(30,31)32/h2,6,33H,1,3-5H2. The van der Waals surface area contributed by atoms with E-state index in [4.69, 9.17) is 5.11 Å². The van der Waals surface area contributed by atoms with E-state index in [1.807, 2.05) is 0 Å². The Bertz CT molecular complexity index is 771. The topological polar surface area (TPSA) is 46.5 Å². The summed E-state index contributed by atoms with van der Waals surface area (Å²) in [6.45, 7) is 1.51. The molecular formula is C15H11F17O3. The number of carbonyl (C=O) groups is 1. The van der Waals surface area contributed by atoms with Gasteiger partial charge in [-0.3, -0.25) is 0 Å². The molecule has 0 saturated carbocycles. The van der Waals surface area contributed by atoms with Crippen LogP contribution in [0.2, 0.25) is 0 Å². The fourth-order valence-corrected chi connectivity index (χ4v) is 2.02. The Balaban J connectivity index is 6.21. The predicted octanol–water partition coefficient (Wildman–Crippen LogP) is 5.87. The van der Waals surface area contributed by atoms with Gasteiger partial charge in [0.2, 0.25) is 0 Å². The first-order chi connectivity index (χ1) is 15.1. The number of aliphatic hydroxyl groups is 1. The molecule has 0 aromatic heterocycles. The molecule has 1 unspecified atom stereocenters. The lowest BCUT2D eigenvalue weighted by molar-refractivity contribution is -0.461. The van der Waals surface area contributed by atoms with Crippen LogP contribution in [-0.4, -0.2) is 71.4 Å². The monoisotopic (exact) mass is 562 g/mol. The van der Waals surface area contributed by atoms with Crippen molar-refractivity contribution in [3.05, 3.63) is 12.7 Å². The molecule has 20 heteroatoms. The number of hydrogen-bond acceptors (Lipinski definition) is 3. The van der Waals surface area contributed by atoms with Gasteiger partial charge in [-0.05, 0) is 6.42 Å². The molecule has 0 aliphatic carbocycles. The SMILES string of the molecule is C=CC(=O)OCC(O)CCC(F)(F)C(F)(F)C(F)(F)C(F)(F)C(F)(F)C(F)(F)C(F)(F)C(F)(F)F. The van der Waals surface area contributed by atoms with Gasteiger partial charge in [-0.2, -0.15) is 74.6 Å². The highest BCUT2D eigenvalue weighted by Crippen LogP contribution is 2.64. The first kappa shape index (κ1) is 33.0.